The second kappa shape index (κ2) is 11.2. The second-order valence-electron chi connectivity index (χ2n) is 3.48. The summed E-state index contributed by atoms with van der Waals surface area (Å²) >= 11 is 0. The Bertz CT molecular complexity index is 220. The fourth-order valence-corrected chi connectivity index (χ4v) is 1.23. The van der Waals surface area contributed by atoms with Crippen LogP contribution in [0.2, 0.25) is 0 Å². The molecule has 0 aromatic rings. The molecule has 0 radical (unpaired) electrons. The molecule has 92 valence electrons. The van der Waals surface area contributed by atoms with Crippen molar-refractivity contribution in [2.75, 3.05) is 6.54 Å². The van der Waals surface area contributed by atoms with E-state index in [2.05, 4.69) is 12.2 Å². The SMILES string of the molecule is CCCCCN[C@H](CCC(=O)O)C(=O)O.[H-].[H-].[Mg+2]. The molecule has 0 aromatic carbocycles. The van der Waals surface area contributed by atoms with Crippen LogP contribution in [0.15, 0.2) is 0 Å². The van der Waals surface area contributed by atoms with E-state index in [1.165, 1.54) is 0 Å². The number of nitrogens with one attached hydrogen (secondary N) is 1. The molecular weight excluding hydrogens is 222 g/mol. The van der Waals surface area contributed by atoms with Crippen LogP contribution in [0, 0.1) is 0 Å². The van der Waals surface area contributed by atoms with Crippen LogP contribution in [-0.2, 0) is 9.59 Å². The van der Waals surface area contributed by atoms with Crippen molar-refractivity contribution in [1.29, 1.82) is 0 Å². The van der Waals surface area contributed by atoms with Gasteiger partial charge in [-0.05, 0) is 19.4 Å². The Balaban J connectivity index is -0.000000327. The van der Waals surface area contributed by atoms with Crippen molar-refractivity contribution in [2.24, 2.45) is 0 Å². The second-order valence-corrected chi connectivity index (χ2v) is 3.48. The average molecular weight is 244 g/mol. The standard InChI is InChI=1S/C10H19NO4.Mg.2H/c1-2-3-4-7-11-8(10(14)15)5-6-9(12)13;;;/h8,11H,2-7H2,1H3,(H,12,13)(H,14,15);;;/q;+2;2*-1/t8-;;;/m1.../s1. The molecule has 0 aromatic heterocycles. The minimum Gasteiger partial charge on any atom is -1.00 e. The van der Waals surface area contributed by atoms with Gasteiger partial charge in [-0.25, -0.2) is 0 Å². The predicted molar refractivity (Wildman–Crippen MR) is 63.8 cm³/mol. The molecule has 5 nitrogen and oxygen atoms in total. The van der Waals surface area contributed by atoms with Crippen LogP contribution in [0.1, 0.15) is 41.9 Å². The third-order valence-corrected chi connectivity index (χ3v) is 2.12. The van der Waals surface area contributed by atoms with E-state index < -0.39 is 18.0 Å². The molecule has 3 N–H and O–H groups in total. The number of carboxylic acid groups (broad SMARTS) is 2. The fourth-order valence-electron chi connectivity index (χ4n) is 1.23. The first kappa shape index (κ1) is 18.0. The Hall–Kier alpha value is -0.334. The molecular formula is C10H21MgNO4. The molecule has 0 aliphatic carbocycles. The summed E-state index contributed by atoms with van der Waals surface area (Å²) in [6.07, 6.45) is 3.08. The van der Waals surface area contributed by atoms with Gasteiger partial charge in [-0.2, -0.15) is 0 Å². The third-order valence-electron chi connectivity index (χ3n) is 2.12. The van der Waals surface area contributed by atoms with E-state index in [1.807, 2.05) is 0 Å². The summed E-state index contributed by atoms with van der Waals surface area (Å²) in [6.45, 7) is 2.70. The zero-order valence-electron chi connectivity index (χ0n) is 11.7. The smallest absolute Gasteiger partial charge is 1.00 e. The molecule has 0 spiro atoms. The van der Waals surface area contributed by atoms with Gasteiger partial charge in [0, 0.05) is 6.42 Å². The summed E-state index contributed by atoms with van der Waals surface area (Å²) in [5.41, 5.74) is 0. The topological polar surface area (TPSA) is 86.6 Å². The van der Waals surface area contributed by atoms with Gasteiger partial charge in [0.05, 0.1) is 0 Å². The van der Waals surface area contributed by atoms with Crippen LogP contribution < -0.4 is 5.32 Å². The van der Waals surface area contributed by atoms with Crippen molar-refractivity contribution in [3.63, 3.8) is 0 Å². The minimum absolute atomic E-state index is 0. The van der Waals surface area contributed by atoms with E-state index in [-0.39, 0.29) is 38.7 Å². The van der Waals surface area contributed by atoms with Gasteiger partial charge in [0.25, 0.3) is 0 Å². The number of hydrogen-bond acceptors (Lipinski definition) is 3. The third kappa shape index (κ3) is 10.2. The van der Waals surface area contributed by atoms with Gasteiger partial charge in [-0.1, -0.05) is 19.8 Å². The van der Waals surface area contributed by atoms with Crippen molar-refractivity contribution >= 4 is 35.0 Å². The molecule has 0 amide bonds. The molecule has 0 aliphatic rings. The monoisotopic (exact) mass is 243 g/mol. The zero-order chi connectivity index (χ0) is 11.7. The number of rotatable bonds is 9. The van der Waals surface area contributed by atoms with E-state index >= 15 is 0 Å². The molecule has 0 aliphatic heterocycles. The fraction of sp³-hybridized carbons (Fsp3) is 0.800. The van der Waals surface area contributed by atoms with E-state index in [0.29, 0.717) is 6.54 Å². The van der Waals surface area contributed by atoms with Crippen molar-refractivity contribution in [3.8, 4) is 0 Å². The number of hydrogen-bond donors (Lipinski definition) is 3. The van der Waals surface area contributed by atoms with Crippen molar-refractivity contribution in [2.45, 2.75) is 45.1 Å². The van der Waals surface area contributed by atoms with Gasteiger partial charge in [0.2, 0.25) is 0 Å². The summed E-state index contributed by atoms with van der Waals surface area (Å²) in [5, 5.41) is 20.1. The van der Waals surface area contributed by atoms with Gasteiger partial charge in [-0.3, -0.25) is 9.59 Å². The molecule has 0 unspecified atom stereocenters. The summed E-state index contributed by atoms with van der Waals surface area (Å²) < 4.78 is 0. The molecule has 0 rings (SSSR count). The van der Waals surface area contributed by atoms with Crippen LogP contribution in [-0.4, -0.2) is 57.8 Å². The van der Waals surface area contributed by atoms with Crippen LogP contribution in [0.4, 0.5) is 0 Å². The predicted octanol–water partition coefficient (Wildman–Crippen LogP) is 0.928. The van der Waals surface area contributed by atoms with Crippen LogP contribution in [0.25, 0.3) is 0 Å². The molecule has 0 saturated heterocycles. The quantitative estimate of drug-likeness (QED) is 0.414. The number of unbranched alkanes of at least 4 members (excludes halogenated alkanes) is 2. The van der Waals surface area contributed by atoms with Crippen molar-refractivity contribution in [1.82, 2.24) is 5.32 Å². The molecule has 0 fully saturated rings. The van der Waals surface area contributed by atoms with E-state index in [1.54, 1.807) is 0 Å². The van der Waals surface area contributed by atoms with Gasteiger partial charge in [0.1, 0.15) is 6.04 Å². The Morgan fingerprint density at radius 3 is 2.38 bits per heavy atom. The Labute approximate surface area is 115 Å². The van der Waals surface area contributed by atoms with Crippen LogP contribution >= 0.6 is 0 Å². The van der Waals surface area contributed by atoms with Crippen molar-refractivity contribution in [3.05, 3.63) is 0 Å². The molecule has 0 saturated carbocycles. The maximum absolute atomic E-state index is 10.7. The minimum atomic E-state index is -0.979. The van der Waals surface area contributed by atoms with Crippen LogP contribution in [0.3, 0.4) is 0 Å². The van der Waals surface area contributed by atoms with Crippen molar-refractivity contribution < 1.29 is 22.7 Å². The normalized spacial score (nSPS) is 11.6. The maximum atomic E-state index is 10.7. The summed E-state index contributed by atoms with van der Waals surface area (Å²) in [4.78, 5) is 21.0. The molecule has 0 bridgehead atoms. The van der Waals surface area contributed by atoms with Gasteiger partial charge < -0.3 is 18.4 Å². The number of aliphatic carboxylic acids is 2. The summed E-state index contributed by atoms with van der Waals surface area (Å²) in [7, 11) is 0. The number of carboxylic acids is 2. The first-order chi connectivity index (χ1) is 7.07. The molecule has 6 heteroatoms. The first-order valence-electron chi connectivity index (χ1n) is 5.26. The summed E-state index contributed by atoms with van der Waals surface area (Å²) in [5.74, 6) is -1.94. The molecule has 16 heavy (non-hydrogen) atoms. The summed E-state index contributed by atoms with van der Waals surface area (Å²) in [6, 6.07) is -0.738. The van der Waals surface area contributed by atoms with Gasteiger partial charge in [-0.15, -0.1) is 0 Å². The molecule has 1 atom stereocenters. The Morgan fingerprint density at radius 2 is 1.94 bits per heavy atom. The first-order valence-corrected chi connectivity index (χ1v) is 5.26. The van der Waals surface area contributed by atoms with E-state index in [0.717, 1.165) is 19.3 Å². The average Bonchev–Trinajstić information content (AvgIpc) is 2.15. The Kier molecular flexibility index (Phi) is 12.6. The zero-order valence-corrected chi connectivity index (χ0v) is 11.2. The number of carbonyl (C=O) groups is 2. The van der Waals surface area contributed by atoms with E-state index in [4.69, 9.17) is 10.2 Å². The van der Waals surface area contributed by atoms with Crippen LogP contribution in [0.5, 0.6) is 0 Å². The Morgan fingerprint density at radius 1 is 1.31 bits per heavy atom. The maximum Gasteiger partial charge on any atom is 2.00 e. The largest absolute Gasteiger partial charge is 2.00 e. The molecule has 0 heterocycles. The van der Waals surface area contributed by atoms with E-state index in [9.17, 15) is 9.59 Å². The van der Waals surface area contributed by atoms with Gasteiger partial charge in [0.15, 0.2) is 0 Å². The van der Waals surface area contributed by atoms with Gasteiger partial charge >= 0.3 is 35.0 Å².